The maximum atomic E-state index is 15.1. The molecule has 2 bridgehead atoms. The highest BCUT2D eigenvalue weighted by Gasteiger charge is 2.77. The standard InChI is InChI=1S/C40H48BrN3O7/c1-3-5-21-32(46)50-25-30(26-15-9-6-10-16-26)42-37(47)33-34-38(48)44(31(24-45)27-17-11-7-12-18-27)36(40(34)23-29(41)35(33)51-40)39(49)43(22-4-2)28-19-13-8-14-20-28/h3-4,6-7,9-12,15-18,28-31,33-36,45H,1-2,5,8,13-14,19-25H2,(H,42,47)/t29?,30-,31-,33+,34-,35+,36+,40-/m1/s1. The van der Waals surface area contributed by atoms with Crippen LogP contribution < -0.4 is 5.32 Å². The average molecular weight is 763 g/mol. The number of carbonyl (C=O) groups excluding carboxylic acids is 4. The van der Waals surface area contributed by atoms with Gasteiger partial charge in [0.05, 0.1) is 36.6 Å². The van der Waals surface area contributed by atoms with E-state index in [9.17, 15) is 19.5 Å². The van der Waals surface area contributed by atoms with E-state index in [2.05, 4.69) is 34.4 Å². The molecule has 1 saturated carbocycles. The Balaban J connectivity index is 1.37. The second-order valence-electron chi connectivity index (χ2n) is 14.1. The van der Waals surface area contributed by atoms with Crippen molar-refractivity contribution in [2.75, 3.05) is 19.8 Å². The van der Waals surface area contributed by atoms with E-state index in [0.29, 0.717) is 24.9 Å². The first-order valence-electron chi connectivity index (χ1n) is 18.1. The minimum absolute atomic E-state index is 0.0146. The fourth-order valence-corrected chi connectivity index (χ4v) is 9.71. The van der Waals surface area contributed by atoms with Gasteiger partial charge in [-0.2, -0.15) is 0 Å². The van der Waals surface area contributed by atoms with E-state index in [1.807, 2.05) is 65.6 Å². The topological polar surface area (TPSA) is 125 Å². The van der Waals surface area contributed by atoms with Crippen LogP contribution in [-0.2, 0) is 28.7 Å². The van der Waals surface area contributed by atoms with Crippen molar-refractivity contribution < 1.29 is 33.8 Å². The van der Waals surface area contributed by atoms with Crippen molar-refractivity contribution in [3.8, 4) is 0 Å². The average Bonchev–Trinajstić information content (AvgIpc) is 3.75. The third-order valence-corrected chi connectivity index (χ3v) is 11.9. The minimum atomic E-state index is -1.31. The fourth-order valence-electron chi connectivity index (χ4n) is 8.76. The van der Waals surface area contributed by atoms with Crippen LogP contribution in [0.4, 0.5) is 0 Å². The van der Waals surface area contributed by atoms with Gasteiger partial charge in [0.1, 0.15) is 18.2 Å². The molecule has 0 radical (unpaired) electrons. The molecule has 6 rings (SSSR count). The lowest BCUT2D eigenvalue weighted by atomic mass is 9.70. The van der Waals surface area contributed by atoms with Gasteiger partial charge in [0, 0.05) is 23.8 Å². The van der Waals surface area contributed by atoms with Crippen LogP contribution in [0.15, 0.2) is 86.0 Å². The lowest BCUT2D eigenvalue weighted by Gasteiger charge is -2.42. The third-order valence-electron chi connectivity index (χ3n) is 11.1. The van der Waals surface area contributed by atoms with Gasteiger partial charge in [0.2, 0.25) is 17.7 Å². The van der Waals surface area contributed by atoms with Gasteiger partial charge in [-0.15, -0.1) is 13.2 Å². The molecule has 1 unspecified atom stereocenters. The SMILES string of the molecule is C=CCCC(=O)OC[C@@H](NC(=O)[C@@H]1[C@H]2O[C@@]3(CC2Br)[C@H](C(=O)N(CC=C)C2CCCCC2)N([C@H](CO)c2ccccc2)C(=O)[C@@H]13)c1ccccc1. The first-order chi connectivity index (χ1) is 24.7. The molecule has 0 aromatic heterocycles. The number of fused-ring (bicyclic) bond motifs is 1. The Morgan fingerprint density at radius 1 is 1.04 bits per heavy atom. The number of amides is 3. The maximum Gasteiger partial charge on any atom is 0.306 e. The molecule has 4 aliphatic rings. The molecule has 1 spiro atoms. The van der Waals surface area contributed by atoms with Gasteiger partial charge in [-0.05, 0) is 36.8 Å². The van der Waals surface area contributed by atoms with E-state index in [1.54, 1.807) is 12.2 Å². The number of aliphatic hydroxyl groups is 1. The van der Waals surface area contributed by atoms with Crippen LogP contribution in [0.25, 0.3) is 0 Å². The maximum absolute atomic E-state index is 15.1. The van der Waals surface area contributed by atoms with Crippen LogP contribution in [0.5, 0.6) is 0 Å². The highest BCUT2D eigenvalue weighted by molar-refractivity contribution is 9.09. The first-order valence-corrected chi connectivity index (χ1v) is 19.0. The molecular formula is C40H48BrN3O7. The highest BCUT2D eigenvalue weighted by Crippen LogP contribution is 2.61. The molecule has 2 aromatic carbocycles. The molecule has 2 aromatic rings. The molecule has 4 fully saturated rings. The number of esters is 1. The summed E-state index contributed by atoms with van der Waals surface area (Å²) in [6.07, 6.45) is 8.49. The lowest BCUT2D eigenvalue weighted by molar-refractivity contribution is -0.153. The van der Waals surface area contributed by atoms with E-state index in [0.717, 1.165) is 37.7 Å². The van der Waals surface area contributed by atoms with E-state index < -0.39 is 66.1 Å². The van der Waals surface area contributed by atoms with Crippen molar-refractivity contribution in [3.05, 3.63) is 97.1 Å². The van der Waals surface area contributed by atoms with Crippen LogP contribution in [0, 0.1) is 11.8 Å². The Labute approximate surface area is 308 Å². The molecule has 11 heteroatoms. The summed E-state index contributed by atoms with van der Waals surface area (Å²) in [5, 5.41) is 14.0. The zero-order chi connectivity index (χ0) is 36.1. The molecule has 3 aliphatic heterocycles. The Morgan fingerprint density at radius 2 is 1.71 bits per heavy atom. The predicted octanol–water partition coefficient (Wildman–Crippen LogP) is 5.18. The van der Waals surface area contributed by atoms with E-state index in [1.165, 1.54) is 4.90 Å². The van der Waals surface area contributed by atoms with Gasteiger partial charge < -0.3 is 29.7 Å². The number of aliphatic hydroxyl groups excluding tert-OH is 1. The largest absolute Gasteiger partial charge is 0.463 e. The van der Waals surface area contributed by atoms with Crippen molar-refractivity contribution in [1.82, 2.24) is 15.1 Å². The Hall–Kier alpha value is -3.80. The second-order valence-corrected chi connectivity index (χ2v) is 15.2. The van der Waals surface area contributed by atoms with Crippen molar-refractivity contribution in [2.24, 2.45) is 11.8 Å². The molecule has 8 atom stereocenters. The third kappa shape index (κ3) is 7.17. The molecule has 10 nitrogen and oxygen atoms in total. The number of nitrogens with one attached hydrogen (secondary N) is 1. The number of rotatable bonds is 15. The van der Waals surface area contributed by atoms with E-state index >= 15 is 4.79 Å². The number of hydrogen-bond donors (Lipinski definition) is 2. The van der Waals surface area contributed by atoms with Gasteiger partial charge in [-0.25, -0.2) is 0 Å². The van der Waals surface area contributed by atoms with E-state index in [-0.39, 0.29) is 29.8 Å². The summed E-state index contributed by atoms with van der Waals surface area (Å²) in [5.41, 5.74) is 0.106. The fraction of sp³-hybridized carbons (Fsp3) is 0.500. The molecule has 3 amide bonds. The number of hydrogen-bond acceptors (Lipinski definition) is 7. The number of alkyl halides is 1. The van der Waals surface area contributed by atoms with Crippen molar-refractivity contribution in [3.63, 3.8) is 0 Å². The van der Waals surface area contributed by atoms with E-state index in [4.69, 9.17) is 9.47 Å². The Kier molecular flexibility index (Phi) is 11.8. The monoisotopic (exact) mass is 761 g/mol. The van der Waals surface area contributed by atoms with Gasteiger partial charge in [0.25, 0.3) is 0 Å². The number of likely N-dealkylation sites (tertiary alicyclic amines) is 1. The number of benzene rings is 2. The number of halogens is 1. The zero-order valence-corrected chi connectivity index (χ0v) is 30.5. The summed E-state index contributed by atoms with van der Waals surface area (Å²) >= 11 is 3.78. The summed E-state index contributed by atoms with van der Waals surface area (Å²) in [6, 6.07) is 15.8. The number of nitrogens with zero attached hydrogens (tertiary/aromatic N) is 2. The Bertz CT molecular complexity index is 1580. The van der Waals surface area contributed by atoms with Gasteiger partial charge in [0.15, 0.2) is 0 Å². The minimum Gasteiger partial charge on any atom is -0.463 e. The summed E-state index contributed by atoms with van der Waals surface area (Å²) in [6.45, 7) is 7.40. The van der Waals surface area contributed by atoms with Crippen LogP contribution >= 0.6 is 15.9 Å². The molecule has 3 saturated heterocycles. The number of allylic oxidation sites excluding steroid dienone is 1. The molecule has 272 valence electrons. The summed E-state index contributed by atoms with van der Waals surface area (Å²) in [5.74, 6) is -3.41. The highest BCUT2D eigenvalue weighted by atomic mass is 79.9. The zero-order valence-electron chi connectivity index (χ0n) is 28.9. The van der Waals surface area contributed by atoms with Crippen LogP contribution in [0.3, 0.4) is 0 Å². The molecule has 51 heavy (non-hydrogen) atoms. The van der Waals surface area contributed by atoms with Crippen LogP contribution in [-0.4, -0.2) is 87.0 Å². The molecular weight excluding hydrogens is 714 g/mol. The first kappa shape index (κ1) is 37.0. The lowest BCUT2D eigenvalue weighted by Crippen LogP contribution is -2.59. The quantitative estimate of drug-likeness (QED) is 0.146. The van der Waals surface area contributed by atoms with Crippen LogP contribution in [0.1, 0.15) is 74.6 Å². The summed E-state index contributed by atoms with van der Waals surface area (Å²) in [7, 11) is 0. The number of carbonyl (C=O) groups is 4. The summed E-state index contributed by atoms with van der Waals surface area (Å²) in [4.78, 5) is 60.1. The molecule has 1 aliphatic carbocycles. The van der Waals surface area contributed by atoms with Crippen molar-refractivity contribution >= 4 is 39.6 Å². The van der Waals surface area contributed by atoms with Crippen molar-refractivity contribution in [2.45, 2.75) is 92.1 Å². The second kappa shape index (κ2) is 16.3. The van der Waals surface area contributed by atoms with Crippen molar-refractivity contribution in [1.29, 1.82) is 0 Å². The normalized spacial score (nSPS) is 28.1. The predicted molar refractivity (Wildman–Crippen MR) is 195 cm³/mol. The van der Waals surface area contributed by atoms with Gasteiger partial charge >= 0.3 is 5.97 Å². The Morgan fingerprint density at radius 3 is 2.33 bits per heavy atom. The molecule has 2 N–H and O–H groups in total. The van der Waals surface area contributed by atoms with Gasteiger partial charge in [-0.1, -0.05) is 108 Å². The smallest absolute Gasteiger partial charge is 0.306 e. The molecule has 3 heterocycles. The summed E-state index contributed by atoms with van der Waals surface area (Å²) < 4.78 is 12.4. The van der Waals surface area contributed by atoms with Crippen LogP contribution in [0.2, 0.25) is 0 Å². The van der Waals surface area contributed by atoms with Gasteiger partial charge in [-0.3, -0.25) is 19.2 Å². The number of ether oxygens (including phenoxy) is 2.